The Kier molecular flexibility index (Phi) is 13.5. The van der Waals surface area contributed by atoms with Gasteiger partial charge in [0.1, 0.15) is 5.69 Å². The van der Waals surface area contributed by atoms with Crippen LogP contribution in [0.4, 0.5) is 28.6 Å². The van der Waals surface area contributed by atoms with Gasteiger partial charge in [-0.3, -0.25) is 29.0 Å². The molecule has 5 aromatic rings. The van der Waals surface area contributed by atoms with E-state index in [2.05, 4.69) is 39.2 Å². The topological polar surface area (TPSA) is 209 Å². The number of hydrogen-bond donors (Lipinski definition) is 4. The van der Waals surface area contributed by atoms with Crippen molar-refractivity contribution in [1.82, 2.24) is 23.6 Å². The van der Waals surface area contributed by atoms with Crippen LogP contribution in [0.5, 0.6) is 11.5 Å². The number of aromatic nitrogens is 4. The Balaban J connectivity index is 0.986. The molecule has 322 valence electrons. The van der Waals surface area contributed by atoms with Crippen molar-refractivity contribution in [2.75, 3.05) is 48.5 Å². The van der Waals surface area contributed by atoms with Gasteiger partial charge < -0.3 is 49.8 Å². The first kappa shape index (κ1) is 43.9. The van der Waals surface area contributed by atoms with Crippen LogP contribution >= 0.6 is 0 Å². The zero-order valence-electron chi connectivity index (χ0n) is 35.4. The number of aryl methyl sites for hydroxylation is 4. The number of nitrogen functional groups attached to an aromatic ring is 1. The lowest BCUT2D eigenvalue weighted by atomic mass is 10.1. The number of ketones is 1. The van der Waals surface area contributed by atoms with Crippen LogP contribution in [0.2, 0.25) is 0 Å². The van der Waals surface area contributed by atoms with E-state index in [0.717, 1.165) is 23.1 Å². The highest BCUT2D eigenvalue weighted by atomic mass is 16.5. The van der Waals surface area contributed by atoms with Crippen LogP contribution in [0, 0.1) is 6.92 Å². The highest BCUT2D eigenvalue weighted by molar-refractivity contribution is 6.07. The van der Waals surface area contributed by atoms with Crippen LogP contribution in [0.1, 0.15) is 78.8 Å². The average Bonchev–Trinajstić information content (AvgIpc) is 4.02. The Morgan fingerprint density at radius 3 is 2.31 bits per heavy atom. The van der Waals surface area contributed by atoms with Crippen molar-refractivity contribution < 1.29 is 33.4 Å². The molecule has 1 fully saturated rings. The zero-order valence-corrected chi connectivity index (χ0v) is 35.4. The summed E-state index contributed by atoms with van der Waals surface area (Å²) in [7, 11) is 6.48. The number of ether oxygens (including phenoxy) is 2. The van der Waals surface area contributed by atoms with Gasteiger partial charge in [-0.05, 0) is 61.9 Å². The lowest BCUT2D eigenvalue weighted by Crippen LogP contribution is -2.27. The number of methoxy groups -OCH3 is 1. The van der Waals surface area contributed by atoms with Gasteiger partial charge in [0.25, 0.3) is 17.7 Å². The first-order valence-corrected chi connectivity index (χ1v) is 19.8. The Labute approximate surface area is 358 Å². The standard InChI is InChI=1S/C45H50N10O7/c1-27-16-17-55(23-27)45(60)32-21-38(61-7)39(22-34(32)47-3)62-18-10-15-41(57)50-40-26-54(6)42(51-40)44(59)49-30-20-36(53(5)25-30)43(58)48-29-19-35(52(4)24-29)37(56)14-9-12-31-28(2)11-8-13-33(31)46/h8-9,11-13,19-22,24-26H,1,3,10,14-18,23,46H2,2,4-7H3,(H,48,58)(H,49,59)(H,50,57)/b12-9-. The van der Waals surface area contributed by atoms with E-state index in [1.54, 1.807) is 71.8 Å². The molecule has 17 nitrogen and oxygen atoms in total. The summed E-state index contributed by atoms with van der Waals surface area (Å²) >= 11 is 0. The predicted molar refractivity (Wildman–Crippen MR) is 239 cm³/mol. The summed E-state index contributed by atoms with van der Waals surface area (Å²) in [5.41, 5.74) is 11.7. The number of aliphatic imine (C=N–C) groups is 1. The van der Waals surface area contributed by atoms with Gasteiger partial charge in [-0.25, -0.2) is 4.98 Å². The fourth-order valence-electron chi connectivity index (χ4n) is 7.02. The molecule has 0 radical (unpaired) electrons. The SMILES string of the molecule is C=Nc1cc(OCCCC(=O)Nc2cn(C)c(C(=O)Nc3cc(C(=O)Nc4cc(C(=O)C/C=C\c5c(C)cccc5N)n(C)c4)n(C)c3)n2)c(OC)cc1C(=O)N1CCC(=C)C1. The number of nitrogens with one attached hydrogen (secondary N) is 3. The monoisotopic (exact) mass is 842 g/mol. The van der Waals surface area contributed by atoms with Crippen LogP contribution in [0.25, 0.3) is 6.08 Å². The Bertz CT molecular complexity index is 2590. The van der Waals surface area contributed by atoms with Gasteiger partial charge >= 0.3 is 0 Å². The predicted octanol–water partition coefficient (Wildman–Crippen LogP) is 6.32. The van der Waals surface area contributed by atoms with Gasteiger partial charge in [0.2, 0.25) is 11.7 Å². The molecule has 0 spiro atoms. The number of benzene rings is 2. The molecule has 17 heteroatoms. The Morgan fingerprint density at radius 2 is 1.63 bits per heavy atom. The lowest BCUT2D eigenvalue weighted by Gasteiger charge is -2.18. The van der Waals surface area contributed by atoms with Crippen LogP contribution in [-0.4, -0.2) is 86.5 Å². The number of carbonyl (C=O) groups excluding carboxylic acids is 5. The number of anilines is 4. The number of hydrogen-bond acceptors (Lipinski definition) is 10. The number of nitrogens with two attached hydrogens (primary N) is 1. The second-order valence-electron chi connectivity index (χ2n) is 14.9. The second kappa shape index (κ2) is 19.1. The maximum Gasteiger partial charge on any atom is 0.291 e. The maximum atomic E-state index is 13.3. The van der Waals surface area contributed by atoms with E-state index in [1.165, 1.54) is 23.9 Å². The van der Waals surface area contributed by atoms with Gasteiger partial charge in [-0.15, -0.1) is 0 Å². The highest BCUT2D eigenvalue weighted by Crippen LogP contribution is 2.36. The van der Waals surface area contributed by atoms with Crippen molar-refractivity contribution in [3.63, 3.8) is 0 Å². The number of rotatable bonds is 17. The van der Waals surface area contributed by atoms with Gasteiger partial charge in [0.15, 0.2) is 23.1 Å². The first-order chi connectivity index (χ1) is 29.6. The molecule has 5 N–H and O–H groups in total. The van der Waals surface area contributed by atoms with Crippen LogP contribution in [0.3, 0.4) is 0 Å². The van der Waals surface area contributed by atoms with E-state index >= 15 is 0 Å². The number of amides is 4. The number of likely N-dealkylation sites (tertiary alicyclic amines) is 1. The fraction of sp³-hybridized carbons (Fsp3) is 0.267. The van der Waals surface area contributed by atoms with E-state index in [1.807, 2.05) is 31.2 Å². The van der Waals surface area contributed by atoms with Crippen LogP contribution in [-0.2, 0) is 25.9 Å². The van der Waals surface area contributed by atoms with Gasteiger partial charge in [0.05, 0.1) is 42.0 Å². The van der Waals surface area contributed by atoms with E-state index < -0.39 is 11.8 Å². The minimum atomic E-state index is -0.565. The number of nitrogens with zero attached hydrogens (tertiary/aromatic N) is 6. The van der Waals surface area contributed by atoms with Gasteiger partial charge in [-0.2, -0.15) is 0 Å². The summed E-state index contributed by atoms with van der Waals surface area (Å²) in [4.78, 5) is 75.6. The Morgan fingerprint density at radius 1 is 0.919 bits per heavy atom. The third-order valence-electron chi connectivity index (χ3n) is 10.3. The van der Waals surface area contributed by atoms with Crippen molar-refractivity contribution >= 4 is 70.8 Å². The van der Waals surface area contributed by atoms with E-state index in [4.69, 9.17) is 15.2 Å². The molecule has 6 rings (SSSR count). The molecule has 0 unspecified atom stereocenters. The quantitative estimate of drug-likeness (QED) is 0.0271. The minimum Gasteiger partial charge on any atom is -0.493 e. The third kappa shape index (κ3) is 10.2. The number of allylic oxidation sites excluding steroid dienone is 1. The smallest absolute Gasteiger partial charge is 0.291 e. The molecule has 0 saturated carbocycles. The summed E-state index contributed by atoms with van der Waals surface area (Å²) in [6.45, 7) is 10.7. The third-order valence-corrected chi connectivity index (χ3v) is 10.3. The zero-order chi connectivity index (χ0) is 44.7. The largest absolute Gasteiger partial charge is 0.493 e. The molecular weight excluding hydrogens is 793 g/mol. The maximum absolute atomic E-state index is 13.3. The van der Waals surface area contributed by atoms with Crippen LogP contribution < -0.4 is 31.2 Å². The van der Waals surface area contributed by atoms with Crippen LogP contribution in [0.15, 0.2) is 84.3 Å². The molecule has 62 heavy (non-hydrogen) atoms. The molecule has 1 saturated heterocycles. The lowest BCUT2D eigenvalue weighted by molar-refractivity contribution is -0.116. The molecule has 2 aromatic carbocycles. The summed E-state index contributed by atoms with van der Waals surface area (Å²) < 4.78 is 16.1. The molecule has 0 bridgehead atoms. The number of Topliss-reactive ketones (excluding diaryl/α,β-unsaturated/α-hetero) is 1. The molecule has 0 atom stereocenters. The van der Waals surface area contributed by atoms with Crippen molar-refractivity contribution in [3.8, 4) is 11.5 Å². The molecule has 0 aliphatic carbocycles. The Hall–Kier alpha value is -7.69. The summed E-state index contributed by atoms with van der Waals surface area (Å²) in [5, 5.41) is 8.28. The minimum absolute atomic E-state index is 0.0208. The van der Waals surface area contributed by atoms with Gasteiger partial charge in [-0.1, -0.05) is 36.4 Å². The first-order valence-electron chi connectivity index (χ1n) is 19.8. The average molecular weight is 843 g/mol. The summed E-state index contributed by atoms with van der Waals surface area (Å²) in [6, 6.07) is 11.9. The van der Waals surface area contributed by atoms with Crippen molar-refractivity contribution in [3.05, 3.63) is 113 Å². The number of carbonyl (C=O) groups is 5. The molecule has 1 aliphatic heterocycles. The normalized spacial score (nSPS) is 12.4. The molecule has 3 aromatic heterocycles. The molecule has 4 heterocycles. The molecular formula is C45H50N10O7. The second-order valence-corrected chi connectivity index (χ2v) is 14.9. The molecule has 1 aliphatic rings. The van der Waals surface area contributed by atoms with Gasteiger partial charge in [0, 0.05) is 77.4 Å². The van der Waals surface area contributed by atoms with E-state index in [-0.39, 0.29) is 54.4 Å². The van der Waals surface area contributed by atoms with Crippen molar-refractivity contribution in [2.24, 2.45) is 26.1 Å². The highest BCUT2D eigenvalue weighted by Gasteiger charge is 2.26. The number of imidazole rings is 1. The molecule has 4 amide bonds. The fourth-order valence-corrected chi connectivity index (χ4v) is 7.02. The van der Waals surface area contributed by atoms with Crippen molar-refractivity contribution in [1.29, 1.82) is 0 Å². The summed E-state index contributed by atoms with van der Waals surface area (Å²) in [5.74, 6) is -0.797. The summed E-state index contributed by atoms with van der Waals surface area (Å²) in [6.07, 6.45) is 9.66. The van der Waals surface area contributed by atoms with E-state index in [0.29, 0.717) is 65.0 Å². The van der Waals surface area contributed by atoms with E-state index in [9.17, 15) is 24.0 Å². The van der Waals surface area contributed by atoms with Crippen molar-refractivity contribution in [2.45, 2.75) is 32.6 Å².